The Morgan fingerprint density at radius 1 is 1.25 bits per heavy atom. The van der Waals surface area contributed by atoms with Crippen LogP contribution in [-0.2, 0) is 0 Å². The fraction of sp³-hybridized carbons (Fsp3) is 1.00. The zero-order valence-electron chi connectivity index (χ0n) is 11.1. The van der Waals surface area contributed by atoms with Gasteiger partial charge in [0.1, 0.15) is 0 Å². The fourth-order valence-electron chi connectivity index (χ4n) is 3.42. The van der Waals surface area contributed by atoms with Gasteiger partial charge in [0.15, 0.2) is 0 Å². The molecule has 0 aromatic heterocycles. The van der Waals surface area contributed by atoms with Crippen LogP contribution in [0.15, 0.2) is 0 Å². The van der Waals surface area contributed by atoms with Gasteiger partial charge in [0, 0.05) is 12.6 Å². The molecule has 1 saturated carbocycles. The molecule has 0 aromatic rings. The minimum Gasteiger partial charge on any atom is -0.392 e. The molecule has 1 saturated heterocycles. The van der Waals surface area contributed by atoms with Crippen LogP contribution in [0.3, 0.4) is 0 Å². The van der Waals surface area contributed by atoms with E-state index in [4.69, 9.17) is 0 Å². The SMILES string of the molecule is CC1CCCCN1CC1CCC(C)(C)C1O. The van der Waals surface area contributed by atoms with E-state index in [0.717, 1.165) is 12.6 Å². The van der Waals surface area contributed by atoms with Crippen molar-refractivity contribution < 1.29 is 5.11 Å². The van der Waals surface area contributed by atoms with Crippen molar-refractivity contribution in [2.45, 2.75) is 65.0 Å². The molecular weight excluding hydrogens is 198 g/mol. The van der Waals surface area contributed by atoms with E-state index < -0.39 is 0 Å². The summed E-state index contributed by atoms with van der Waals surface area (Å²) < 4.78 is 0. The molecule has 0 spiro atoms. The predicted octanol–water partition coefficient (Wildman–Crippen LogP) is 2.66. The average Bonchev–Trinajstić information content (AvgIpc) is 2.49. The summed E-state index contributed by atoms with van der Waals surface area (Å²) in [5, 5.41) is 10.3. The lowest BCUT2D eigenvalue weighted by atomic mass is 9.87. The molecule has 0 bridgehead atoms. The first kappa shape index (κ1) is 12.4. The Morgan fingerprint density at radius 2 is 2.00 bits per heavy atom. The first-order valence-corrected chi connectivity index (χ1v) is 6.93. The summed E-state index contributed by atoms with van der Waals surface area (Å²) in [6, 6.07) is 0.727. The molecule has 2 fully saturated rings. The molecule has 2 aliphatic rings. The van der Waals surface area contributed by atoms with Crippen LogP contribution in [0, 0.1) is 11.3 Å². The highest BCUT2D eigenvalue weighted by Crippen LogP contribution is 2.41. The Bertz CT molecular complexity index is 239. The van der Waals surface area contributed by atoms with Gasteiger partial charge in [-0.25, -0.2) is 0 Å². The third-order valence-electron chi connectivity index (χ3n) is 4.82. The zero-order valence-corrected chi connectivity index (χ0v) is 11.1. The van der Waals surface area contributed by atoms with Gasteiger partial charge in [-0.1, -0.05) is 20.3 Å². The van der Waals surface area contributed by atoms with E-state index >= 15 is 0 Å². The predicted molar refractivity (Wildman–Crippen MR) is 67.4 cm³/mol. The minimum absolute atomic E-state index is 0.0957. The number of likely N-dealkylation sites (tertiary alicyclic amines) is 1. The fourth-order valence-corrected chi connectivity index (χ4v) is 3.42. The largest absolute Gasteiger partial charge is 0.392 e. The molecule has 1 N–H and O–H groups in total. The van der Waals surface area contributed by atoms with Gasteiger partial charge in [0.05, 0.1) is 6.10 Å². The van der Waals surface area contributed by atoms with Crippen LogP contribution >= 0.6 is 0 Å². The topological polar surface area (TPSA) is 23.5 Å². The summed E-state index contributed by atoms with van der Waals surface area (Å²) in [7, 11) is 0. The second-order valence-electron chi connectivity index (χ2n) is 6.57. The molecule has 0 aromatic carbocycles. The van der Waals surface area contributed by atoms with Crippen LogP contribution in [0.2, 0.25) is 0 Å². The number of piperidine rings is 1. The molecule has 2 heteroatoms. The van der Waals surface area contributed by atoms with Crippen LogP contribution in [-0.4, -0.2) is 35.2 Å². The molecule has 1 aliphatic carbocycles. The third kappa shape index (κ3) is 2.43. The van der Waals surface area contributed by atoms with Crippen molar-refractivity contribution >= 4 is 0 Å². The van der Waals surface area contributed by atoms with Crippen LogP contribution in [0.25, 0.3) is 0 Å². The number of aliphatic hydroxyl groups is 1. The molecule has 1 heterocycles. The highest BCUT2D eigenvalue weighted by molar-refractivity contribution is 4.93. The highest BCUT2D eigenvalue weighted by atomic mass is 16.3. The first-order chi connectivity index (χ1) is 7.50. The minimum atomic E-state index is -0.0957. The van der Waals surface area contributed by atoms with Gasteiger partial charge >= 0.3 is 0 Å². The van der Waals surface area contributed by atoms with Crippen LogP contribution in [0.4, 0.5) is 0 Å². The second kappa shape index (κ2) is 4.66. The van der Waals surface area contributed by atoms with Crippen molar-refractivity contribution in [3.05, 3.63) is 0 Å². The van der Waals surface area contributed by atoms with E-state index in [1.807, 2.05) is 0 Å². The Balaban J connectivity index is 1.90. The summed E-state index contributed by atoms with van der Waals surface area (Å²) >= 11 is 0. The lowest BCUT2D eigenvalue weighted by Gasteiger charge is -2.36. The number of nitrogens with zero attached hydrogens (tertiary/aromatic N) is 1. The maximum absolute atomic E-state index is 10.3. The average molecular weight is 225 g/mol. The lowest BCUT2D eigenvalue weighted by molar-refractivity contribution is 0.0226. The molecule has 3 atom stereocenters. The van der Waals surface area contributed by atoms with E-state index in [-0.39, 0.29) is 11.5 Å². The second-order valence-corrected chi connectivity index (χ2v) is 6.57. The van der Waals surface area contributed by atoms with Crippen LogP contribution in [0.1, 0.15) is 52.9 Å². The molecule has 2 rings (SSSR count). The molecular formula is C14H27NO. The number of hydrogen-bond acceptors (Lipinski definition) is 2. The summed E-state index contributed by atoms with van der Waals surface area (Å²) in [6.07, 6.45) is 6.36. The van der Waals surface area contributed by atoms with Crippen LogP contribution in [0.5, 0.6) is 0 Å². The normalized spacial score (nSPS) is 40.1. The van der Waals surface area contributed by atoms with Crippen molar-refractivity contribution in [1.82, 2.24) is 4.90 Å². The van der Waals surface area contributed by atoms with Gasteiger partial charge in [0.25, 0.3) is 0 Å². The van der Waals surface area contributed by atoms with Crippen molar-refractivity contribution in [1.29, 1.82) is 0 Å². The number of hydrogen-bond donors (Lipinski definition) is 1. The molecule has 0 radical (unpaired) electrons. The standard InChI is InChI=1S/C14H27NO/c1-11-6-4-5-9-15(11)10-12-7-8-14(2,3)13(12)16/h11-13,16H,4-10H2,1-3H3. The van der Waals surface area contributed by atoms with Gasteiger partial charge in [-0.2, -0.15) is 0 Å². The Hall–Kier alpha value is -0.0800. The van der Waals surface area contributed by atoms with Crippen molar-refractivity contribution in [3.8, 4) is 0 Å². The van der Waals surface area contributed by atoms with E-state index in [1.165, 1.54) is 38.6 Å². The third-order valence-corrected chi connectivity index (χ3v) is 4.82. The quantitative estimate of drug-likeness (QED) is 0.781. The number of aliphatic hydroxyl groups excluding tert-OH is 1. The van der Waals surface area contributed by atoms with Crippen molar-refractivity contribution in [2.75, 3.05) is 13.1 Å². The maximum atomic E-state index is 10.3. The Morgan fingerprint density at radius 3 is 2.56 bits per heavy atom. The molecule has 2 nitrogen and oxygen atoms in total. The smallest absolute Gasteiger partial charge is 0.0631 e. The first-order valence-electron chi connectivity index (χ1n) is 6.93. The van der Waals surface area contributed by atoms with E-state index in [2.05, 4.69) is 25.7 Å². The monoisotopic (exact) mass is 225 g/mol. The Kier molecular flexibility index (Phi) is 3.60. The lowest BCUT2D eigenvalue weighted by Crippen LogP contribution is -2.43. The molecule has 1 aliphatic heterocycles. The zero-order chi connectivity index (χ0) is 11.8. The van der Waals surface area contributed by atoms with Gasteiger partial charge in [0.2, 0.25) is 0 Å². The molecule has 0 amide bonds. The summed E-state index contributed by atoms with van der Waals surface area (Å²) in [6.45, 7) is 9.11. The highest BCUT2D eigenvalue weighted by Gasteiger charge is 2.41. The summed E-state index contributed by atoms with van der Waals surface area (Å²) in [5.74, 6) is 0.510. The van der Waals surface area contributed by atoms with Gasteiger partial charge in [-0.15, -0.1) is 0 Å². The Labute approximate surface area is 100 Å². The summed E-state index contributed by atoms with van der Waals surface area (Å²) in [4.78, 5) is 2.60. The van der Waals surface area contributed by atoms with E-state index in [1.54, 1.807) is 0 Å². The maximum Gasteiger partial charge on any atom is 0.0631 e. The van der Waals surface area contributed by atoms with Crippen molar-refractivity contribution in [2.24, 2.45) is 11.3 Å². The molecule has 16 heavy (non-hydrogen) atoms. The van der Waals surface area contributed by atoms with Crippen LogP contribution < -0.4 is 0 Å². The molecule has 94 valence electrons. The van der Waals surface area contributed by atoms with Gasteiger partial charge in [-0.3, -0.25) is 0 Å². The van der Waals surface area contributed by atoms with E-state index in [9.17, 15) is 5.11 Å². The van der Waals surface area contributed by atoms with Gasteiger partial charge < -0.3 is 10.0 Å². The van der Waals surface area contributed by atoms with Crippen molar-refractivity contribution in [3.63, 3.8) is 0 Å². The van der Waals surface area contributed by atoms with Gasteiger partial charge in [-0.05, 0) is 50.5 Å². The number of rotatable bonds is 2. The molecule has 3 unspecified atom stereocenters. The van der Waals surface area contributed by atoms with E-state index in [0.29, 0.717) is 5.92 Å². The summed E-state index contributed by atoms with van der Waals surface area (Å²) in [5.41, 5.74) is 0.143.